The van der Waals surface area contributed by atoms with Crippen LogP contribution in [0.15, 0.2) is 53.9 Å². The van der Waals surface area contributed by atoms with Gasteiger partial charge in [-0.05, 0) is 113 Å². The monoisotopic (exact) mass is 966 g/mol. The largest absolute Gasteiger partial charge is 0.498 e. The maximum absolute atomic E-state index is 12.4. The van der Waals surface area contributed by atoms with Crippen LogP contribution in [0.5, 0.6) is 0 Å². The maximum Gasteiger partial charge on any atom is 0.498 e. The number of likely N-dealkylation sites (tertiary alicyclic amines) is 3. The second kappa shape index (κ2) is 24.3. The number of nitrogens with one attached hydrogen (secondary N) is 1. The lowest BCUT2D eigenvalue weighted by molar-refractivity contribution is 0.00578. The van der Waals surface area contributed by atoms with Crippen molar-refractivity contribution in [2.75, 3.05) is 78.9 Å². The number of aromatic nitrogens is 4. The van der Waals surface area contributed by atoms with Crippen LogP contribution in [0.3, 0.4) is 0 Å². The Kier molecular flexibility index (Phi) is 20.0. The molecule has 0 radical (unpaired) electrons. The third kappa shape index (κ3) is 15.6. The van der Waals surface area contributed by atoms with Gasteiger partial charge in [0.1, 0.15) is 20.0 Å². The lowest BCUT2D eigenvalue weighted by Crippen LogP contribution is -2.41. The standard InChI is InChI=1S/C16H27BFN3O2.C14H20FNO3S.C9H15BN2O2.C7H14FNO/c1-15(2)16(3,4)23-17(22-15)13-11-19-21(12-13)14-5-8-20(9-6-14)10-7-18;1-12-2-4-14(5-3-12)20(17,18)19-13-6-9-16(10-7-13)11-8-15;1-8(2)9(3,4)14-10(13-8)7-5-11-12-6-7;8-3-6-9-4-1-7(10)2-5-9/h11-12,14H,5-10H2,1-4H3;2-5,13H,6-11H2,1H3;5-6H,1-4H3,(H,11,12);7,10H,1-6H2. The Hall–Kier alpha value is -2.85. The average molecular weight is 966 g/mol. The molecule has 1 aromatic carbocycles. The number of aromatic amines is 1. The van der Waals surface area contributed by atoms with Crippen molar-refractivity contribution in [1.82, 2.24) is 34.7 Å². The van der Waals surface area contributed by atoms with Crippen LogP contribution in [0.2, 0.25) is 0 Å². The fourth-order valence-corrected chi connectivity index (χ4v) is 9.23. The molecule has 0 atom stereocenters. The van der Waals surface area contributed by atoms with Crippen LogP contribution in [0.1, 0.15) is 106 Å². The van der Waals surface area contributed by atoms with Crippen LogP contribution < -0.4 is 10.9 Å². The molecule has 5 aliphatic rings. The van der Waals surface area contributed by atoms with Crippen molar-refractivity contribution < 1.29 is 49.5 Å². The van der Waals surface area contributed by atoms with Crippen molar-refractivity contribution in [3.8, 4) is 0 Å². The Bertz CT molecular complexity index is 1980. The van der Waals surface area contributed by atoms with E-state index in [-0.39, 0.29) is 73.8 Å². The van der Waals surface area contributed by atoms with Gasteiger partial charge in [-0.2, -0.15) is 18.6 Å². The fraction of sp³-hybridized carbons (Fsp3) is 0.739. The molecule has 2 N–H and O–H groups in total. The zero-order chi connectivity index (χ0) is 49.0. The average Bonchev–Trinajstić information content (AvgIpc) is 4.07. The number of H-pyrrole nitrogens is 1. The van der Waals surface area contributed by atoms with E-state index >= 15 is 0 Å². The number of aliphatic hydroxyl groups excluding tert-OH is 1. The first-order valence-corrected chi connectivity index (χ1v) is 25.3. The molecule has 0 aliphatic carbocycles. The minimum absolute atomic E-state index is 0.143. The molecular weight excluding hydrogens is 889 g/mol. The van der Waals surface area contributed by atoms with E-state index in [1.54, 1.807) is 36.7 Å². The summed E-state index contributed by atoms with van der Waals surface area (Å²) in [6.07, 6.45) is 11.8. The number of benzene rings is 1. The molecule has 0 bridgehead atoms. The van der Waals surface area contributed by atoms with Crippen LogP contribution in [0, 0.1) is 6.92 Å². The van der Waals surface area contributed by atoms with Crippen LogP contribution in [0.4, 0.5) is 13.2 Å². The van der Waals surface area contributed by atoms with Crippen molar-refractivity contribution in [3.63, 3.8) is 0 Å². The third-order valence-electron chi connectivity index (χ3n) is 14.0. The SMILES string of the molecule is CC1(C)OB(c2cn[nH]c2)OC1(C)C.CC1(C)OB(c2cnn(C3CCN(CCF)CC3)c2)OC1(C)C.Cc1ccc(S(=O)(=O)OC2CCN(CCF)CC2)cc1.OC1CCN(CCF)CC1. The molecule has 7 heterocycles. The molecular formula is C46H76B2F3N7O8S. The molecule has 0 unspecified atom stereocenters. The van der Waals surface area contributed by atoms with Gasteiger partial charge in [0, 0.05) is 94.6 Å². The van der Waals surface area contributed by atoms with Gasteiger partial charge in [0.15, 0.2) is 0 Å². The quantitative estimate of drug-likeness (QED) is 0.184. The van der Waals surface area contributed by atoms with Crippen LogP contribution in [-0.4, -0.2) is 176 Å². The first-order chi connectivity index (χ1) is 31.6. The summed E-state index contributed by atoms with van der Waals surface area (Å²) in [4.78, 5) is 6.40. The van der Waals surface area contributed by atoms with E-state index in [1.165, 1.54) is 0 Å². The lowest BCUT2D eigenvalue weighted by atomic mass is 9.82. The van der Waals surface area contributed by atoms with E-state index in [9.17, 15) is 21.6 Å². The van der Waals surface area contributed by atoms with Gasteiger partial charge in [-0.3, -0.25) is 14.0 Å². The molecule has 0 amide bonds. The number of rotatable bonds is 12. The number of piperidine rings is 3. The van der Waals surface area contributed by atoms with E-state index in [0.717, 1.165) is 68.4 Å². The molecule has 3 aromatic rings. The molecule has 21 heteroatoms. The number of hydrogen-bond donors (Lipinski definition) is 2. The Morgan fingerprint density at radius 3 is 1.55 bits per heavy atom. The van der Waals surface area contributed by atoms with E-state index < -0.39 is 10.1 Å². The van der Waals surface area contributed by atoms with E-state index in [4.69, 9.17) is 27.9 Å². The number of halogens is 3. The smallest absolute Gasteiger partial charge is 0.399 e. The van der Waals surface area contributed by atoms with Crippen molar-refractivity contribution in [1.29, 1.82) is 0 Å². The summed E-state index contributed by atoms with van der Waals surface area (Å²) in [7, 11) is -4.37. The summed E-state index contributed by atoms with van der Waals surface area (Å²) >= 11 is 0. The van der Waals surface area contributed by atoms with Crippen molar-refractivity contribution in [2.45, 2.75) is 146 Å². The van der Waals surface area contributed by atoms with Gasteiger partial charge in [-0.1, -0.05) is 17.7 Å². The summed E-state index contributed by atoms with van der Waals surface area (Å²) in [5.41, 5.74) is 1.67. The van der Waals surface area contributed by atoms with Crippen molar-refractivity contribution >= 4 is 35.3 Å². The van der Waals surface area contributed by atoms with E-state index in [0.29, 0.717) is 51.6 Å². The molecule has 376 valence electrons. The molecule has 15 nitrogen and oxygen atoms in total. The number of aliphatic hydroxyl groups is 1. The maximum atomic E-state index is 12.4. The molecule has 2 aromatic heterocycles. The van der Waals surface area contributed by atoms with Gasteiger partial charge >= 0.3 is 14.2 Å². The van der Waals surface area contributed by atoms with Gasteiger partial charge in [0.25, 0.3) is 10.1 Å². The van der Waals surface area contributed by atoms with Crippen LogP contribution in [0.25, 0.3) is 0 Å². The number of alkyl halides is 3. The zero-order valence-corrected chi connectivity index (χ0v) is 42.1. The molecule has 0 saturated carbocycles. The minimum Gasteiger partial charge on any atom is -0.399 e. The second-order valence-corrected chi connectivity index (χ2v) is 21.7. The van der Waals surface area contributed by atoms with Gasteiger partial charge in [0.05, 0.1) is 45.5 Å². The summed E-state index contributed by atoms with van der Waals surface area (Å²) in [5.74, 6) is 0. The summed E-state index contributed by atoms with van der Waals surface area (Å²) in [6.45, 7) is 23.8. The van der Waals surface area contributed by atoms with E-state index in [1.807, 2.05) is 61.5 Å². The number of hydrogen-bond acceptors (Lipinski definition) is 13. The van der Waals surface area contributed by atoms with Gasteiger partial charge in [-0.25, -0.2) is 13.2 Å². The highest BCUT2D eigenvalue weighted by molar-refractivity contribution is 7.86. The molecule has 5 fully saturated rings. The Balaban J connectivity index is 0.000000174. The first-order valence-electron chi connectivity index (χ1n) is 23.9. The van der Waals surface area contributed by atoms with Crippen LogP contribution in [-0.2, 0) is 32.9 Å². The fourth-order valence-electron chi connectivity index (χ4n) is 8.10. The van der Waals surface area contributed by atoms with Crippen LogP contribution >= 0.6 is 0 Å². The number of aryl methyl sites for hydroxylation is 1. The summed E-state index contributed by atoms with van der Waals surface area (Å²) < 4.78 is 91.8. The normalized spacial score (nSPS) is 22.6. The molecule has 67 heavy (non-hydrogen) atoms. The predicted octanol–water partition coefficient (Wildman–Crippen LogP) is 5.04. The molecule has 5 saturated heterocycles. The van der Waals surface area contributed by atoms with Gasteiger partial charge < -0.3 is 38.4 Å². The summed E-state index contributed by atoms with van der Waals surface area (Å²) in [5, 5.41) is 20.2. The predicted molar refractivity (Wildman–Crippen MR) is 255 cm³/mol. The molecule has 0 spiro atoms. The molecule has 8 rings (SSSR count). The molecule has 5 aliphatic heterocycles. The summed E-state index contributed by atoms with van der Waals surface area (Å²) in [6, 6.07) is 6.99. The Morgan fingerprint density at radius 2 is 1.12 bits per heavy atom. The van der Waals surface area contributed by atoms with E-state index in [2.05, 4.69) is 47.9 Å². The van der Waals surface area contributed by atoms with Crippen molar-refractivity contribution in [2.24, 2.45) is 0 Å². The third-order valence-corrected chi connectivity index (χ3v) is 15.4. The van der Waals surface area contributed by atoms with Gasteiger partial charge in [0.2, 0.25) is 0 Å². The first kappa shape index (κ1) is 55.1. The lowest BCUT2D eigenvalue weighted by Gasteiger charge is -2.32. The second-order valence-electron chi connectivity index (χ2n) is 20.1. The zero-order valence-electron chi connectivity index (χ0n) is 41.3. The number of nitrogens with zero attached hydrogens (tertiary/aromatic N) is 6. The highest BCUT2D eigenvalue weighted by Crippen LogP contribution is 2.37. The van der Waals surface area contributed by atoms with Gasteiger partial charge in [-0.15, -0.1) is 0 Å². The van der Waals surface area contributed by atoms with Crippen molar-refractivity contribution in [3.05, 3.63) is 54.6 Å². The topological polar surface area (TPSA) is 157 Å². The highest BCUT2D eigenvalue weighted by atomic mass is 32.2. The highest BCUT2D eigenvalue weighted by Gasteiger charge is 2.53. The minimum atomic E-state index is -3.70. The Morgan fingerprint density at radius 1 is 0.687 bits per heavy atom. The Labute approximate surface area is 398 Å².